The fraction of sp³-hybridized carbons (Fsp3) is 0.429. The van der Waals surface area contributed by atoms with Crippen LogP contribution in [0.5, 0.6) is 0 Å². The third-order valence-corrected chi connectivity index (χ3v) is 2.56. The van der Waals surface area contributed by atoms with E-state index in [0.29, 0.717) is 0 Å². The maximum Gasteiger partial charge on any atom is 0.00839 e. The Labute approximate surface area is 57.8 Å². The van der Waals surface area contributed by atoms with Gasteiger partial charge in [-0.3, -0.25) is 0 Å². The van der Waals surface area contributed by atoms with Gasteiger partial charge in [-0.1, -0.05) is 14.7 Å². The summed E-state index contributed by atoms with van der Waals surface area (Å²) in [4.78, 5) is 0. The molecule has 0 spiro atoms. The number of hydrogen-bond acceptors (Lipinski definition) is 1. The van der Waals surface area contributed by atoms with E-state index in [1.54, 1.807) is 5.31 Å². The Morgan fingerprint density at radius 3 is 2.67 bits per heavy atom. The summed E-state index contributed by atoms with van der Waals surface area (Å²) in [6, 6.07) is 0. The molecule has 50 valence electrons. The molecule has 1 atom stereocenters. The molecule has 0 saturated carbocycles. The summed E-state index contributed by atoms with van der Waals surface area (Å²) >= 11 is 0. The van der Waals surface area contributed by atoms with E-state index in [9.17, 15) is 0 Å². The molecule has 1 aliphatic carbocycles. The van der Waals surface area contributed by atoms with Crippen LogP contribution in [-0.4, -0.2) is 6.66 Å². The van der Waals surface area contributed by atoms with Gasteiger partial charge < -0.3 is 5.73 Å². The Kier molecular flexibility index (Phi) is 2.29. The van der Waals surface area contributed by atoms with Crippen molar-refractivity contribution in [3.05, 3.63) is 23.2 Å². The molecule has 0 amide bonds. The third-order valence-electron chi connectivity index (χ3n) is 1.50. The second kappa shape index (κ2) is 3.03. The first-order valence-corrected chi connectivity index (χ1v) is 4.66. The predicted octanol–water partition coefficient (Wildman–Crippen LogP) is 1.81. The van der Waals surface area contributed by atoms with Gasteiger partial charge in [0, 0.05) is 5.70 Å². The standard InChI is InChI=1S/C7H12NP/c1-9-7-4-2-6(8)3-5-7/h2,4,9H,3,5,8H2,1H3. The molecule has 0 bridgehead atoms. The molecular formula is C7H12NP. The Morgan fingerprint density at radius 1 is 1.44 bits per heavy atom. The van der Waals surface area contributed by atoms with E-state index in [-0.39, 0.29) is 0 Å². The molecule has 0 aliphatic heterocycles. The van der Waals surface area contributed by atoms with Gasteiger partial charge >= 0.3 is 0 Å². The van der Waals surface area contributed by atoms with Crippen molar-refractivity contribution in [1.29, 1.82) is 0 Å². The van der Waals surface area contributed by atoms with E-state index >= 15 is 0 Å². The minimum absolute atomic E-state index is 0.958. The minimum atomic E-state index is 0.958. The van der Waals surface area contributed by atoms with Crippen molar-refractivity contribution in [2.75, 3.05) is 6.66 Å². The molecule has 1 nitrogen and oxygen atoms in total. The van der Waals surface area contributed by atoms with Crippen molar-refractivity contribution >= 4 is 8.58 Å². The number of rotatable bonds is 1. The molecule has 0 aromatic heterocycles. The van der Waals surface area contributed by atoms with Gasteiger partial charge in [0.05, 0.1) is 0 Å². The van der Waals surface area contributed by atoms with Gasteiger partial charge in [-0.05, 0) is 30.9 Å². The summed E-state index contributed by atoms with van der Waals surface area (Å²) in [7, 11) is 0.958. The SMILES string of the molecule is CPC1=CC=C(N)CC1. The zero-order valence-electron chi connectivity index (χ0n) is 5.65. The van der Waals surface area contributed by atoms with Crippen LogP contribution in [0.25, 0.3) is 0 Å². The molecule has 0 aromatic rings. The fourth-order valence-electron chi connectivity index (χ4n) is 0.862. The first kappa shape index (κ1) is 6.82. The average Bonchev–Trinajstić information content (AvgIpc) is 1.90. The highest BCUT2D eigenvalue weighted by molar-refractivity contribution is 7.42. The van der Waals surface area contributed by atoms with Crippen LogP contribution in [0.3, 0.4) is 0 Å². The van der Waals surface area contributed by atoms with E-state index in [1.165, 1.54) is 6.42 Å². The van der Waals surface area contributed by atoms with Gasteiger partial charge in [0.15, 0.2) is 0 Å². The highest BCUT2D eigenvalue weighted by Gasteiger charge is 1.99. The number of hydrogen-bond donors (Lipinski definition) is 1. The third kappa shape index (κ3) is 1.83. The lowest BCUT2D eigenvalue weighted by Crippen LogP contribution is -1.99. The monoisotopic (exact) mass is 141 g/mol. The molecule has 0 radical (unpaired) electrons. The maximum atomic E-state index is 5.57. The summed E-state index contributed by atoms with van der Waals surface area (Å²) < 4.78 is 0. The zero-order valence-corrected chi connectivity index (χ0v) is 6.65. The van der Waals surface area contributed by atoms with E-state index in [1.807, 2.05) is 6.08 Å². The molecular weight excluding hydrogens is 129 g/mol. The number of nitrogens with two attached hydrogens (primary N) is 1. The second-order valence-electron chi connectivity index (χ2n) is 2.18. The smallest absolute Gasteiger partial charge is 0.00839 e. The Hall–Kier alpha value is -0.290. The molecule has 1 aliphatic rings. The average molecular weight is 141 g/mol. The van der Waals surface area contributed by atoms with E-state index in [2.05, 4.69) is 12.7 Å². The summed E-state index contributed by atoms with van der Waals surface area (Å²) in [6.07, 6.45) is 6.41. The Morgan fingerprint density at radius 2 is 2.22 bits per heavy atom. The summed E-state index contributed by atoms with van der Waals surface area (Å²) in [5.74, 6) is 0. The van der Waals surface area contributed by atoms with E-state index < -0.39 is 0 Å². The highest BCUT2D eigenvalue weighted by Crippen LogP contribution is 2.27. The quantitative estimate of drug-likeness (QED) is 0.554. The zero-order chi connectivity index (χ0) is 6.69. The van der Waals surface area contributed by atoms with Crippen LogP contribution >= 0.6 is 8.58 Å². The summed E-state index contributed by atoms with van der Waals surface area (Å²) in [5, 5.41) is 1.55. The lowest BCUT2D eigenvalue weighted by atomic mass is 10.1. The van der Waals surface area contributed by atoms with Crippen LogP contribution < -0.4 is 5.73 Å². The van der Waals surface area contributed by atoms with Gasteiger partial charge in [-0.2, -0.15) is 0 Å². The molecule has 0 heterocycles. The molecule has 2 heteroatoms. The molecule has 9 heavy (non-hydrogen) atoms. The van der Waals surface area contributed by atoms with Crippen molar-refractivity contribution in [3.8, 4) is 0 Å². The van der Waals surface area contributed by atoms with E-state index in [0.717, 1.165) is 20.7 Å². The number of allylic oxidation sites excluding steroid dienone is 4. The molecule has 2 N–H and O–H groups in total. The topological polar surface area (TPSA) is 26.0 Å². The molecule has 1 rings (SSSR count). The maximum absolute atomic E-state index is 5.57. The van der Waals surface area contributed by atoms with Gasteiger partial charge in [-0.15, -0.1) is 0 Å². The minimum Gasteiger partial charge on any atom is -0.402 e. The molecule has 1 unspecified atom stereocenters. The largest absolute Gasteiger partial charge is 0.402 e. The van der Waals surface area contributed by atoms with Crippen LogP contribution in [0.15, 0.2) is 23.2 Å². The fourth-order valence-corrected chi connectivity index (χ4v) is 1.49. The van der Waals surface area contributed by atoms with Crippen molar-refractivity contribution in [2.45, 2.75) is 12.8 Å². The Bertz CT molecular complexity index is 158. The molecule has 0 fully saturated rings. The van der Waals surface area contributed by atoms with Crippen LogP contribution in [0, 0.1) is 0 Å². The van der Waals surface area contributed by atoms with Gasteiger partial charge in [-0.25, -0.2) is 0 Å². The predicted molar refractivity (Wildman–Crippen MR) is 43.8 cm³/mol. The normalized spacial score (nSPS) is 20.1. The van der Waals surface area contributed by atoms with Crippen molar-refractivity contribution in [3.63, 3.8) is 0 Å². The first-order chi connectivity index (χ1) is 4.33. The van der Waals surface area contributed by atoms with Gasteiger partial charge in [0.2, 0.25) is 0 Å². The lowest BCUT2D eigenvalue weighted by Gasteiger charge is -2.08. The van der Waals surface area contributed by atoms with Crippen LogP contribution in [0.4, 0.5) is 0 Å². The lowest BCUT2D eigenvalue weighted by molar-refractivity contribution is 0.932. The van der Waals surface area contributed by atoms with Crippen LogP contribution in [-0.2, 0) is 0 Å². The van der Waals surface area contributed by atoms with Gasteiger partial charge in [0.1, 0.15) is 0 Å². The van der Waals surface area contributed by atoms with Crippen LogP contribution in [0.1, 0.15) is 12.8 Å². The van der Waals surface area contributed by atoms with Crippen molar-refractivity contribution in [2.24, 2.45) is 5.73 Å². The summed E-state index contributed by atoms with van der Waals surface area (Å²) in [5.41, 5.74) is 6.60. The van der Waals surface area contributed by atoms with E-state index in [4.69, 9.17) is 5.73 Å². The van der Waals surface area contributed by atoms with Gasteiger partial charge in [0.25, 0.3) is 0 Å². The van der Waals surface area contributed by atoms with Crippen LogP contribution in [0.2, 0.25) is 0 Å². The van der Waals surface area contributed by atoms with Crippen molar-refractivity contribution < 1.29 is 0 Å². The molecule has 0 aromatic carbocycles. The highest BCUT2D eigenvalue weighted by atomic mass is 31.1. The second-order valence-corrected chi connectivity index (χ2v) is 3.33. The van der Waals surface area contributed by atoms with Crippen molar-refractivity contribution in [1.82, 2.24) is 0 Å². The first-order valence-electron chi connectivity index (χ1n) is 3.16. The molecule has 0 saturated heterocycles. The summed E-state index contributed by atoms with van der Waals surface area (Å²) in [6.45, 7) is 2.21. The Balaban J connectivity index is 2.59.